The van der Waals surface area contributed by atoms with Crippen LogP contribution in [-0.4, -0.2) is 25.2 Å². The highest BCUT2D eigenvalue weighted by Crippen LogP contribution is 1.94. The Kier molecular flexibility index (Phi) is 7.51. The second-order valence-corrected chi connectivity index (χ2v) is 3.71. The molecular weight excluding hydrogens is 148 g/mol. The average Bonchev–Trinajstić information content (AvgIpc) is 1.98. The van der Waals surface area contributed by atoms with Gasteiger partial charge in [-0.15, -0.1) is 0 Å². The third kappa shape index (κ3) is 8.02. The zero-order chi connectivity index (χ0) is 9.40. The van der Waals surface area contributed by atoms with Crippen molar-refractivity contribution < 1.29 is 0 Å². The highest BCUT2D eigenvalue weighted by molar-refractivity contribution is 4.61. The van der Waals surface area contributed by atoms with Crippen LogP contribution in [0.4, 0.5) is 0 Å². The molecule has 2 heteroatoms. The highest BCUT2D eigenvalue weighted by Gasteiger charge is 1.98. The number of nitrogens with one attached hydrogen (secondary N) is 2. The molecule has 0 spiro atoms. The molecule has 0 aliphatic rings. The van der Waals surface area contributed by atoms with Crippen LogP contribution < -0.4 is 10.6 Å². The summed E-state index contributed by atoms with van der Waals surface area (Å²) in [4.78, 5) is 0. The van der Waals surface area contributed by atoms with Gasteiger partial charge in [0, 0.05) is 12.1 Å². The van der Waals surface area contributed by atoms with Gasteiger partial charge in [0.05, 0.1) is 0 Å². The van der Waals surface area contributed by atoms with Crippen LogP contribution in [0.25, 0.3) is 0 Å². The lowest BCUT2D eigenvalue weighted by Crippen LogP contribution is -2.28. The maximum atomic E-state index is 3.42. The Balaban J connectivity index is 3.08. The van der Waals surface area contributed by atoms with Crippen molar-refractivity contribution in [2.75, 3.05) is 13.1 Å². The van der Waals surface area contributed by atoms with Crippen LogP contribution >= 0.6 is 0 Å². The molecule has 0 aliphatic heterocycles. The van der Waals surface area contributed by atoms with Crippen molar-refractivity contribution in [3.63, 3.8) is 0 Å². The molecule has 0 aromatic heterocycles. The fraction of sp³-hybridized carbons (Fsp3) is 1.00. The van der Waals surface area contributed by atoms with Gasteiger partial charge in [0.2, 0.25) is 0 Å². The van der Waals surface area contributed by atoms with E-state index in [1.807, 2.05) is 0 Å². The lowest BCUT2D eigenvalue weighted by Gasteiger charge is -2.13. The van der Waals surface area contributed by atoms with Crippen LogP contribution in [0.15, 0.2) is 0 Å². The lowest BCUT2D eigenvalue weighted by molar-refractivity contribution is 0.484. The zero-order valence-electron chi connectivity index (χ0n) is 8.98. The van der Waals surface area contributed by atoms with Crippen molar-refractivity contribution >= 4 is 0 Å². The summed E-state index contributed by atoms with van der Waals surface area (Å²) in [5.41, 5.74) is 0. The SMILES string of the molecule is CCNC(C)CCCNC(C)C. The maximum absolute atomic E-state index is 3.42. The summed E-state index contributed by atoms with van der Waals surface area (Å²) in [6.07, 6.45) is 2.54. The molecule has 0 aromatic carbocycles. The minimum absolute atomic E-state index is 0.624. The maximum Gasteiger partial charge on any atom is 0.00390 e. The Hall–Kier alpha value is -0.0800. The fourth-order valence-corrected chi connectivity index (χ4v) is 1.25. The summed E-state index contributed by atoms with van der Waals surface area (Å²) in [6, 6.07) is 1.29. The number of hydrogen-bond donors (Lipinski definition) is 2. The molecule has 12 heavy (non-hydrogen) atoms. The molecule has 0 amide bonds. The van der Waals surface area contributed by atoms with Gasteiger partial charge in [-0.05, 0) is 32.9 Å². The molecule has 0 heterocycles. The molecule has 2 N–H and O–H groups in total. The van der Waals surface area contributed by atoms with Crippen molar-refractivity contribution in [2.45, 2.75) is 52.6 Å². The number of hydrogen-bond acceptors (Lipinski definition) is 2. The average molecular weight is 172 g/mol. The van der Waals surface area contributed by atoms with Gasteiger partial charge in [-0.25, -0.2) is 0 Å². The van der Waals surface area contributed by atoms with Crippen molar-refractivity contribution in [3.8, 4) is 0 Å². The zero-order valence-corrected chi connectivity index (χ0v) is 8.98. The molecule has 0 bridgehead atoms. The predicted octanol–water partition coefficient (Wildman–Crippen LogP) is 1.76. The van der Waals surface area contributed by atoms with Crippen LogP contribution in [0.2, 0.25) is 0 Å². The molecular formula is C10H24N2. The Labute approximate surface area is 77.1 Å². The van der Waals surface area contributed by atoms with Crippen LogP contribution in [0.1, 0.15) is 40.5 Å². The van der Waals surface area contributed by atoms with Crippen LogP contribution in [0.5, 0.6) is 0 Å². The summed E-state index contributed by atoms with van der Waals surface area (Å²) in [6.45, 7) is 11.0. The van der Waals surface area contributed by atoms with E-state index in [0.717, 1.165) is 13.1 Å². The second kappa shape index (κ2) is 7.56. The van der Waals surface area contributed by atoms with Gasteiger partial charge in [0.25, 0.3) is 0 Å². The Morgan fingerprint density at radius 2 is 1.75 bits per heavy atom. The summed E-state index contributed by atoms with van der Waals surface area (Å²) in [7, 11) is 0. The van der Waals surface area contributed by atoms with E-state index < -0.39 is 0 Å². The van der Waals surface area contributed by atoms with Gasteiger partial charge in [-0.1, -0.05) is 20.8 Å². The molecule has 0 fully saturated rings. The standard InChI is InChI=1S/C10H24N2/c1-5-11-10(4)7-6-8-12-9(2)3/h9-12H,5-8H2,1-4H3. The Morgan fingerprint density at radius 3 is 2.25 bits per heavy atom. The van der Waals surface area contributed by atoms with E-state index in [1.54, 1.807) is 0 Å². The molecule has 0 rings (SSSR count). The quantitative estimate of drug-likeness (QED) is 0.572. The summed E-state index contributed by atoms with van der Waals surface area (Å²) >= 11 is 0. The van der Waals surface area contributed by atoms with E-state index in [4.69, 9.17) is 0 Å². The Bertz CT molecular complexity index is 91.8. The van der Waals surface area contributed by atoms with Crippen molar-refractivity contribution in [1.82, 2.24) is 10.6 Å². The van der Waals surface area contributed by atoms with Crippen molar-refractivity contribution in [1.29, 1.82) is 0 Å². The van der Waals surface area contributed by atoms with E-state index in [1.165, 1.54) is 12.8 Å². The van der Waals surface area contributed by atoms with E-state index in [9.17, 15) is 0 Å². The van der Waals surface area contributed by atoms with Gasteiger partial charge in [-0.3, -0.25) is 0 Å². The third-order valence-electron chi connectivity index (χ3n) is 1.92. The van der Waals surface area contributed by atoms with Crippen LogP contribution in [-0.2, 0) is 0 Å². The third-order valence-corrected chi connectivity index (χ3v) is 1.92. The molecule has 0 radical (unpaired) electrons. The van der Waals surface area contributed by atoms with E-state index in [-0.39, 0.29) is 0 Å². The van der Waals surface area contributed by atoms with Gasteiger partial charge in [-0.2, -0.15) is 0 Å². The largest absolute Gasteiger partial charge is 0.315 e. The van der Waals surface area contributed by atoms with Crippen LogP contribution in [0.3, 0.4) is 0 Å². The number of rotatable bonds is 7. The van der Waals surface area contributed by atoms with Crippen molar-refractivity contribution in [2.24, 2.45) is 0 Å². The molecule has 1 unspecified atom stereocenters. The minimum Gasteiger partial charge on any atom is -0.315 e. The molecule has 0 aliphatic carbocycles. The smallest absolute Gasteiger partial charge is 0.00390 e. The molecule has 0 saturated heterocycles. The first-order chi connectivity index (χ1) is 5.66. The predicted molar refractivity (Wildman–Crippen MR) is 55.5 cm³/mol. The highest BCUT2D eigenvalue weighted by atomic mass is 14.9. The molecule has 0 saturated carbocycles. The fourth-order valence-electron chi connectivity index (χ4n) is 1.25. The van der Waals surface area contributed by atoms with Gasteiger partial charge < -0.3 is 10.6 Å². The minimum atomic E-state index is 0.624. The first-order valence-corrected chi connectivity index (χ1v) is 5.13. The van der Waals surface area contributed by atoms with Crippen molar-refractivity contribution in [3.05, 3.63) is 0 Å². The van der Waals surface area contributed by atoms with Gasteiger partial charge in [0.1, 0.15) is 0 Å². The van der Waals surface area contributed by atoms with E-state index >= 15 is 0 Å². The first-order valence-electron chi connectivity index (χ1n) is 5.13. The molecule has 0 aromatic rings. The van der Waals surface area contributed by atoms with E-state index in [2.05, 4.69) is 38.3 Å². The topological polar surface area (TPSA) is 24.1 Å². The van der Waals surface area contributed by atoms with Gasteiger partial charge >= 0.3 is 0 Å². The molecule has 2 nitrogen and oxygen atoms in total. The monoisotopic (exact) mass is 172 g/mol. The van der Waals surface area contributed by atoms with E-state index in [0.29, 0.717) is 12.1 Å². The summed E-state index contributed by atoms with van der Waals surface area (Å²) in [5.74, 6) is 0. The summed E-state index contributed by atoms with van der Waals surface area (Å²) in [5, 5.41) is 6.82. The normalized spacial score (nSPS) is 13.8. The lowest BCUT2D eigenvalue weighted by atomic mass is 10.2. The Morgan fingerprint density at radius 1 is 1.08 bits per heavy atom. The molecule has 1 atom stereocenters. The van der Waals surface area contributed by atoms with Gasteiger partial charge in [0.15, 0.2) is 0 Å². The second-order valence-electron chi connectivity index (χ2n) is 3.71. The summed E-state index contributed by atoms with van der Waals surface area (Å²) < 4.78 is 0. The first kappa shape index (κ1) is 11.9. The van der Waals surface area contributed by atoms with Crippen LogP contribution in [0, 0.1) is 0 Å². The molecule has 74 valence electrons.